The zero-order valence-corrected chi connectivity index (χ0v) is 14.0. The summed E-state index contributed by atoms with van der Waals surface area (Å²) in [6.45, 7) is 1.62. The Bertz CT molecular complexity index is 727. The number of sulfonamides is 1. The first-order valence-electron chi connectivity index (χ1n) is 6.28. The van der Waals surface area contributed by atoms with Crippen molar-refractivity contribution >= 4 is 33.0 Å². The first kappa shape index (κ1) is 16.5. The van der Waals surface area contributed by atoms with Gasteiger partial charge in [0.2, 0.25) is 0 Å². The summed E-state index contributed by atoms with van der Waals surface area (Å²) >= 11 is 7.24. The Morgan fingerprint density at radius 2 is 2.05 bits per heavy atom. The maximum absolute atomic E-state index is 12.6. The summed E-state index contributed by atoms with van der Waals surface area (Å²) in [5.41, 5.74) is 1.35. The van der Waals surface area contributed by atoms with E-state index in [0.29, 0.717) is 10.6 Å². The van der Waals surface area contributed by atoms with Crippen LogP contribution < -0.4 is 0 Å². The Labute approximate surface area is 133 Å². The molecule has 0 amide bonds. The molecule has 1 unspecified atom stereocenters. The summed E-state index contributed by atoms with van der Waals surface area (Å²) in [4.78, 5) is 0. The summed E-state index contributed by atoms with van der Waals surface area (Å²) < 4.78 is 26.7. The monoisotopic (exact) mass is 345 g/mol. The molecule has 1 atom stereocenters. The van der Waals surface area contributed by atoms with Crippen molar-refractivity contribution in [1.29, 1.82) is 0 Å². The Kier molecular flexibility index (Phi) is 5.06. The van der Waals surface area contributed by atoms with Gasteiger partial charge < -0.3 is 5.11 Å². The van der Waals surface area contributed by atoms with Gasteiger partial charge in [0.1, 0.15) is 4.21 Å². The molecule has 7 heteroatoms. The molecule has 0 saturated carbocycles. The van der Waals surface area contributed by atoms with Crippen molar-refractivity contribution in [3.63, 3.8) is 0 Å². The van der Waals surface area contributed by atoms with Crippen molar-refractivity contribution in [2.45, 2.75) is 23.8 Å². The highest BCUT2D eigenvalue weighted by Gasteiger charge is 2.28. The molecule has 114 valence electrons. The van der Waals surface area contributed by atoms with Crippen molar-refractivity contribution in [2.24, 2.45) is 0 Å². The lowest BCUT2D eigenvalue weighted by atomic mass is 10.1. The molecule has 21 heavy (non-hydrogen) atoms. The number of nitrogens with zero attached hydrogens (tertiary/aromatic N) is 1. The maximum Gasteiger partial charge on any atom is 0.252 e. The van der Waals surface area contributed by atoms with Gasteiger partial charge in [-0.3, -0.25) is 0 Å². The Balaban J connectivity index is 2.34. The molecule has 1 N–H and O–H groups in total. The van der Waals surface area contributed by atoms with Crippen LogP contribution in [0.1, 0.15) is 24.1 Å². The van der Waals surface area contributed by atoms with E-state index < -0.39 is 10.0 Å². The predicted molar refractivity (Wildman–Crippen MR) is 85.1 cm³/mol. The van der Waals surface area contributed by atoms with Crippen molar-refractivity contribution in [3.05, 3.63) is 51.9 Å². The minimum Gasteiger partial charge on any atom is -0.392 e. The second-order valence-corrected chi connectivity index (χ2v) is 8.19. The van der Waals surface area contributed by atoms with E-state index in [2.05, 4.69) is 0 Å². The number of aliphatic hydroxyl groups excluding tert-OH is 1. The molecule has 4 nitrogen and oxygen atoms in total. The van der Waals surface area contributed by atoms with Gasteiger partial charge in [-0.1, -0.05) is 29.8 Å². The quantitative estimate of drug-likeness (QED) is 0.904. The molecule has 0 aliphatic carbocycles. The van der Waals surface area contributed by atoms with Crippen molar-refractivity contribution in [2.75, 3.05) is 7.05 Å². The maximum atomic E-state index is 12.6. The van der Waals surface area contributed by atoms with Crippen LogP contribution >= 0.6 is 22.9 Å². The Morgan fingerprint density at radius 3 is 2.62 bits per heavy atom. The molecular formula is C14H16ClNO3S2. The Hall–Kier alpha value is -0.920. The summed E-state index contributed by atoms with van der Waals surface area (Å²) in [7, 11) is -2.08. The van der Waals surface area contributed by atoms with Crippen LogP contribution in [0.2, 0.25) is 5.02 Å². The molecule has 1 aromatic carbocycles. The van der Waals surface area contributed by atoms with E-state index in [0.717, 1.165) is 16.9 Å². The molecule has 1 aromatic heterocycles. The molecule has 0 spiro atoms. The van der Waals surface area contributed by atoms with E-state index in [1.54, 1.807) is 24.4 Å². The molecule has 2 rings (SSSR count). The van der Waals surface area contributed by atoms with Crippen LogP contribution in [0, 0.1) is 0 Å². The van der Waals surface area contributed by atoms with E-state index >= 15 is 0 Å². The average molecular weight is 346 g/mol. The summed E-state index contributed by atoms with van der Waals surface area (Å²) in [5.74, 6) is 0. The zero-order valence-electron chi connectivity index (χ0n) is 11.7. The van der Waals surface area contributed by atoms with Gasteiger partial charge in [-0.15, -0.1) is 11.3 Å². The van der Waals surface area contributed by atoms with E-state index in [-0.39, 0.29) is 16.9 Å². The van der Waals surface area contributed by atoms with Crippen molar-refractivity contribution in [3.8, 4) is 0 Å². The third-order valence-corrected chi connectivity index (χ3v) is 7.08. The molecule has 0 saturated heterocycles. The van der Waals surface area contributed by atoms with Crippen molar-refractivity contribution in [1.82, 2.24) is 4.31 Å². The van der Waals surface area contributed by atoms with Crippen molar-refractivity contribution < 1.29 is 13.5 Å². The lowest BCUT2D eigenvalue weighted by molar-refractivity contribution is 0.282. The first-order chi connectivity index (χ1) is 9.87. The number of thiophene rings is 1. The Morgan fingerprint density at radius 1 is 1.38 bits per heavy atom. The van der Waals surface area contributed by atoms with Gasteiger partial charge in [0.15, 0.2) is 0 Å². The lowest BCUT2D eigenvalue weighted by Crippen LogP contribution is -2.29. The number of aliphatic hydroxyl groups is 1. The number of benzene rings is 1. The number of rotatable bonds is 5. The van der Waals surface area contributed by atoms with Gasteiger partial charge in [-0.2, -0.15) is 4.31 Å². The highest BCUT2D eigenvalue weighted by molar-refractivity contribution is 7.91. The van der Waals surface area contributed by atoms with Crippen LogP contribution in [0.5, 0.6) is 0 Å². The van der Waals surface area contributed by atoms with Gasteiger partial charge in [0, 0.05) is 18.1 Å². The van der Waals surface area contributed by atoms with Gasteiger partial charge in [0.05, 0.1) is 6.61 Å². The van der Waals surface area contributed by atoms with Crippen LogP contribution in [0.3, 0.4) is 0 Å². The van der Waals surface area contributed by atoms with Crippen LogP contribution in [0.15, 0.2) is 39.9 Å². The average Bonchev–Trinajstić information content (AvgIpc) is 2.96. The third-order valence-electron chi connectivity index (χ3n) is 3.35. The van der Waals surface area contributed by atoms with E-state index in [4.69, 9.17) is 16.7 Å². The number of halogens is 1. The smallest absolute Gasteiger partial charge is 0.252 e. The van der Waals surface area contributed by atoms with E-state index in [1.165, 1.54) is 17.4 Å². The largest absolute Gasteiger partial charge is 0.392 e. The molecular weight excluding hydrogens is 330 g/mol. The first-order valence-corrected chi connectivity index (χ1v) is 8.98. The zero-order chi connectivity index (χ0) is 15.6. The topological polar surface area (TPSA) is 57.6 Å². The van der Waals surface area contributed by atoms with Gasteiger partial charge in [-0.05, 0) is 35.6 Å². The van der Waals surface area contributed by atoms with E-state index in [1.807, 2.05) is 12.1 Å². The fourth-order valence-corrected chi connectivity index (χ4v) is 4.95. The summed E-state index contributed by atoms with van der Waals surface area (Å²) in [6.07, 6.45) is 0. The van der Waals surface area contributed by atoms with Gasteiger partial charge in [-0.25, -0.2) is 8.42 Å². The molecule has 0 bridgehead atoms. The van der Waals surface area contributed by atoms with Gasteiger partial charge >= 0.3 is 0 Å². The minimum absolute atomic E-state index is 0.171. The molecule has 1 heterocycles. The fourth-order valence-electron chi connectivity index (χ4n) is 1.93. The highest BCUT2D eigenvalue weighted by atomic mass is 35.5. The van der Waals surface area contributed by atoms with E-state index in [9.17, 15) is 8.42 Å². The predicted octanol–water partition coefficient (Wildman–Crippen LogP) is 3.28. The molecule has 2 aromatic rings. The molecule has 0 radical (unpaired) electrons. The number of hydrogen-bond donors (Lipinski definition) is 1. The van der Waals surface area contributed by atoms with Crippen LogP contribution in [-0.4, -0.2) is 24.9 Å². The standard InChI is InChI=1S/C14H16ClNO3S2/c1-10(12-5-3-4-6-13(12)15)16(2)21(18,19)14-7-11(8-17)9-20-14/h3-7,9-10,17H,8H2,1-2H3. The SMILES string of the molecule is CC(c1ccccc1Cl)N(C)S(=O)(=O)c1cc(CO)cs1. The minimum atomic E-state index is -3.61. The lowest BCUT2D eigenvalue weighted by Gasteiger charge is -2.24. The fraction of sp³-hybridized carbons (Fsp3) is 0.286. The third kappa shape index (κ3) is 3.30. The molecule has 0 aliphatic heterocycles. The second kappa shape index (κ2) is 6.46. The van der Waals surface area contributed by atoms with Gasteiger partial charge in [0.25, 0.3) is 10.0 Å². The highest BCUT2D eigenvalue weighted by Crippen LogP contribution is 2.32. The normalized spacial score (nSPS) is 13.6. The second-order valence-electron chi connectivity index (χ2n) is 4.65. The number of hydrogen-bond acceptors (Lipinski definition) is 4. The molecule has 0 aliphatic rings. The summed E-state index contributed by atoms with van der Waals surface area (Å²) in [6, 6.07) is 8.29. The summed E-state index contributed by atoms with van der Waals surface area (Å²) in [5, 5.41) is 11.2. The van der Waals surface area contributed by atoms with Crippen LogP contribution in [-0.2, 0) is 16.6 Å². The molecule has 0 fully saturated rings. The van der Waals surface area contributed by atoms with Crippen LogP contribution in [0.25, 0.3) is 0 Å². The van der Waals surface area contributed by atoms with Crippen LogP contribution in [0.4, 0.5) is 0 Å².